The van der Waals surface area contributed by atoms with E-state index < -0.39 is 0 Å². The number of rotatable bonds is 7. The number of anilines is 2. The Kier molecular flexibility index (Phi) is 4.46. The van der Waals surface area contributed by atoms with E-state index in [9.17, 15) is 0 Å². The molecule has 2 N–H and O–H groups in total. The summed E-state index contributed by atoms with van der Waals surface area (Å²) in [6, 6.07) is 0. The Bertz CT molecular complexity index is 458. The van der Waals surface area contributed by atoms with E-state index in [0.29, 0.717) is 18.9 Å². The second-order valence-corrected chi connectivity index (χ2v) is 3.73. The zero-order chi connectivity index (χ0) is 12.6. The van der Waals surface area contributed by atoms with Crippen molar-refractivity contribution >= 4 is 11.6 Å². The molecule has 0 bridgehead atoms. The average molecular weight is 248 g/mol. The lowest BCUT2D eigenvalue weighted by molar-refractivity contribution is 0.379. The van der Waals surface area contributed by atoms with Crippen LogP contribution < -0.4 is 10.6 Å². The van der Waals surface area contributed by atoms with Crippen molar-refractivity contribution in [2.24, 2.45) is 0 Å². The topological polar surface area (TPSA) is 88.8 Å². The summed E-state index contributed by atoms with van der Waals surface area (Å²) in [5.74, 6) is 2.12. The molecule has 0 aromatic carbocycles. The lowest BCUT2D eigenvalue weighted by Gasteiger charge is -2.06. The molecule has 2 rings (SSSR count). The monoisotopic (exact) mass is 248 g/mol. The number of nitrogens with zero attached hydrogens (tertiary/aromatic N) is 4. The summed E-state index contributed by atoms with van der Waals surface area (Å²) >= 11 is 0. The van der Waals surface area contributed by atoms with Gasteiger partial charge in [-0.05, 0) is 6.42 Å². The summed E-state index contributed by atoms with van der Waals surface area (Å²) in [7, 11) is 0. The van der Waals surface area contributed by atoms with Crippen molar-refractivity contribution in [3.8, 4) is 0 Å². The van der Waals surface area contributed by atoms with E-state index in [1.54, 1.807) is 12.4 Å². The van der Waals surface area contributed by atoms with Crippen molar-refractivity contribution in [1.29, 1.82) is 0 Å². The molecule has 0 fully saturated rings. The predicted molar refractivity (Wildman–Crippen MR) is 67.3 cm³/mol. The van der Waals surface area contributed by atoms with Gasteiger partial charge in [0.1, 0.15) is 11.6 Å². The van der Waals surface area contributed by atoms with E-state index in [-0.39, 0.29) is 0 Å². The number of aromatic nitrogens is 4. The molecule has 0 atom stereocenters. The Balaban J connectivity index is 1.81. The molecule has 0 saturated heterocycles. The fraction of sp³-hybridized carbons (Fsp3) is 0.455. The van der Waals surface area contributed by atoms with Crippen molar-refractivity contribution in [2.45, 2.75) is 19.8 Å². The molecular weight excluding hydrogens is 232 g/mol. The van der Waals surface area contributed by atoms with Crippen molar-refractivity contribution in [3.63, 3.8) is 0 Å². The first-order valence-electron chi connectivity index (χ1n) is 5.94. The van der Waals surface area contributed by atoms with Crippen molar-refractivity contribution in [1.82, 2.24) is 20.1 Å². The molecule has 0 saturated carbocycles. The quantitative estimate of drug-likeness (QED) is 0.764. The van der Waals surface area contributed by atoms with Gasteiger partial charge in [0.2, 0.25) is 5.89 Å². The zero-order valence-corrected chi connectivity index (χ0v) is 10.3. The van der Waals surface area contributed by atoms with Crippen LogP contribution in [-0.4, -0.2) is 33.2 Å². The van der Waals surface area contributed by atoms with Crippen LogP contribution in [0.3, 0.4) is 0 Å². The smallest absolute Gasteiger partial charge is 0.228 e. The van der Waals surface area contributed by atoms with E-state index in [0.717, 1.165) is 24.6 Å². The normalized spacial score (nSPS) is 10.3. The van der Waals surface area contributed by atoms with E-state index in [2.05, 4.69) is 37.7 Å². The fourth-order valence-electron chi connectivity index (χ4n) is 1.39. The van der Waals surface area contributed by atoms with Crippen LogP contribution in [0.1, 0.15) is 19.2 Å². The molecule has 0 amide bonds. The number of nitrogens with one attached hydrogen (secondary N) is 2. The molecule has 0 aliphatic carbocycles. The third kappa shape index (κ3) is 3.69. The maximum absolute atomic E-state index is 4.90. The van der Waals surface area contributed by atoms with Gasteiger partial charge in [0, 0.05) is 19.5 Å². The van der Waals surface area contributed by atoms with Gasteiger partial charge in [-0.2, -0.15) is 4.98 Å². The summed E-state index contributed by atoms with van der Waals surface area (Å²) in [6.07, 6.45) is 6.50. The number of hydrogen-bond acceptors (Lipinski definition) is 7. The first-order chi connectivity index (χ1) is 8.88. The highest BCUT2D eigenvalue weighted by Gasteiger charge is 2.00. The molecular formula is C11H16N6O. The Morgan fingerprint density at radius 3 is 2.61 bits per heavy atom. The SMILES string of the molecule is CCCNc1cncc(NCCc2ncno2)n1. The van der Waals surface area contributed by atoms with Gasteiger partial charge in [-0.3, -0.25) is 4.98 Å². The maximum Gasteiger partial charge on any atom is 0.228 e. The lowest BCUT2D eigenvalue weighted by Crippen LogP contribution is -2.09. The standard InChI is InChI=1S/C11H16N6O/c1-2-4-13-9-6-12-7-10(17-9)14-5-3-11-15-8-16-18-11/h6-8H,2-5H2,1H3,(H2,13,14,17). The zero-order valence-electron chi connectivity index (χ0n) is 10.3. The van der Waals surface area contributed by atoms with Gasteiger partial charge in [0.15, 0.2) is 6.33 Å². The van der Waals surface area contributed by atoms with Crippen molar-refractivity contribution in [3.05, 3.63) is 24.6 Å². The maximum atomic E-state index is 4.90. The van der Waals surface area contributed by atoms with Crippen LogP contribution >= 0.6 is 0 Å². The first-order valence-corrected chi connectivity index (χ1v) is 5.94. The molecule has 7 heteroatoms. The van der Waals surface area contributed by atoms with Gasteiger partial charge in [0.05, 0.1) is 12.4 Å². The van der Waals surface area contributed by atoms with Gasteiger partial charge in [-0.25, -0.2) is 4.98 Å². The second kappa shape index (κ2) is 6.53. The van der Waals surface area contributed by atoms with Crippen LogP contribution in [0, 0.1) is 0 Å². The molecule has 7 nitrogen and oxygen atoms in total. The highest BCUT2D eigenvalue weighted by atomic mass is 16.5. The molecule has 0 aliphatic heterocycles. The van der Waals surface area contributed by atoms with E-state index in [4.69, 9.17) is 4.52 Å². The van der Waals surface area contributed by atoms with Crippen LogP contribution in [0.2, 0.25) is 0 Å². The van der Waals surface area contributed by atoms with E-state index in [1.807, 2.05) is 0 Å². The highest BCUT2D eigenvalue weighted by Crippen LogP contribution is 2.06. The molecule has 2 aromatic heterocycles. The molecule has 2 heterocycles. The highest BCUT2D eigenvalue weighted by molar-refractivity contribution is 5.41. The molecule has 0 aliphatic rings. The van der Waals surface area contributed by atoms with Gasteiger partial charge in [-0.1, -0.05) is 12.1 Å². The summed E-state index contributed by atoms with van der Waals surface area (Å²) in [6.45, 7) is 3.67. The van der Waals surface area contributed by atoms with Crippen molar-refractivity contribution < 1.29 is 4.52 Å². The van der Waals surface area contributed by atoms with E-state index >= 15 is 0 Å². The Morgan fingerprint density at radius 1 is 1.17 bits per heavy atom. The van der Waals surface area contributed by atoms with Gasteiger partial charge in [0.25, 0.3) is 0 Å². The lowest BCUT2D eigenvalue weighted by atomic mass is 10.4. The third-order valence-electron chi connectivity index (χ3n) is 2.24. The summed E-state index contributed by atoms with van der Waals surface area (Å²) in [5.41, 5.74) is 0. The third-order valence-corrected chi connectivity index (χ3v) is 2.24. The minimum atomic E-state index is 0.607. The Labute approximate surface area is 105 Å². The first kappa shape index (κ1) is 12.3. The molecule has 0 unspecified atom stereocenters. The number of hydrogen-bond donors (Lipinski definition) is 2. The molecule has 0 radical (unpaired) electrons. The van der Waals surface area contributed by atoms with Crippen LogP contribution in [0.5, 0.6) is 0 Å². The van der Waals surface area contributed by atoms with Gasteiger partial charge in [-0.15, -0.1) is 0 Å². The Hall–Kier alpha value is -2.18. The van der Waals surface area contributed by atoms with E-state index in [1.165, 1.54) is 6.33 Å². The Morgan fingerprint density at radius 2 is 1.94 bits per heavy atom. The van der Waals surface area contributed by atoms with Crippen LogP contribution in [0.25, 0.3) is 0 Å². The minimum Gasteiger partial charge on any atom is -0.369 e. The molecule has 0 spiro atoms. The predicted octanol–water partition coefficient (Wildman–Crippen LogP) is 1.34. The molecule has 96 valence electrons. The summed E-state index contributed by atoms with van der Waals surface area (Å²) in [4.78, 5) is 12.4. The van der Waals surface area contributed by atoms with Crippen LogP contribution in [0.15, 0.2) is 23.2 Å². The molecule has 18 heavy (non-hydrogen) atoms. The minimum absolute atomic E-state index is 0.607. The van der Waals surface area contributed by atoms with Gasteiger partial charge < -0.3 is 15.2 Å². The summed E-state index contributed by atoms with van der Waals surface area (Å²) in [5, 5.41) is 9.89. The average Bonchev–Trinajstić information content (AvgIpc) is 2.90. The van der Waals surface area contributed by atoms with Crippen LogP contribution in [-0.2, 0) is 6.42 Å². The summed E-state index contributed by atoms with van der Waals surface area (Å²) < 4.78 is 4.90. The fourth-order valence-corrected chi connectivity index (χ4v) is 1.39. The van der Waals surface area contributed by atoms with Crippen LogP contribution in [0.4, 0.5) is 11.6 Å². The largest absolute Gasteiger partial charge is 0.369 e. The molecule has 2 aromatic rings. The second-order valence-electron chi connectivity index (χ2n) is 3.73. The van der Waals surface area contributed by atoms with Gasteiger partial charge >= 0.3 is 0 Å². The van der Waals surface area contributed by atoms with Crippen molar-refractivity contribution in [2.75, 3.05) is 23.7 Å².